The first-order chi connectivity index (χ1) is 8.71. The number of alkyl halides is 9. The lowest BCUT2D eigenvalue weighted by Gasteiger charge is -2.47. The third kappa shape index (κ3) is 1.94. The predicted octanol–water partition coefficient (Wildman–Crippen LogP) is 5.88. The fourth-order valence-electron chi connectivity index (χ4n) is 3.63. The summed E-state index contributed by atoms with van der Waals surface area (Å²) in [6.07, 6.45) is 0. The molecule has 2 rings (SSSR count). The average molecular weight is 448 g/mol. The molecule has 2 fully saturated rings. The predicted molar refractivity (Wildman–Crippen MR) is 88.6 cm³/mol. The monoisotopic (exact) mass is 444 g/mol. The molecule has 0 aromatic heterocycles. The van der Waals surface area contributed by atoms with Crippen molar-refractivity contribution in [3.05, 3.63) is 0 Å². The summed E-state index contributed by atoms with van der Waals surface area (Å²) in [5.74, 6) is -0.289. The van der Waals surface area contributed by atoms with Crippen molar-refractivity contribution >= 4 is 104 Å². The van der Waals surface area contributed by atoms with E-state index in [1.165, 1.54) is 0 Å². The highest BCUT2D eigenvalue weighted by atomic mass is 35.5. The van der Waals surface area contributed by atoms with Crippen molar-refractivity contribution in [3.63, 3.8) is 0 Å². The summed E-state index contributed by atoms with van der Waals surface area (Å²) in [7, 11) is 0. The van der Waals surface area contributed by atoms with Gasteiger partial charge in [-0.25, -0.2) is 0 Å². The fraction of sp³-hybridized carbons (Fsp3) is 1.00. The Bertz CT molecular complexity index is 343. The first kappa shape index (κ1) is 18.0. The minimum atomic E-state index is -1.04. The molecule has 2 bridgehead atoms. The van der Waals surface area contributed by atoms with Gasteiger partial charge in [0.15, 0.2) is 0 Å². The maximum atomic E-state index is 6.46. The van der Waals surface area contributed by atoms with Crippen molar-refractivity contribution in [2.45, 2.75) is 31.2 Å². The van der Waals surface area contributed by atoms with Crippen molar-refractivity contribution in [1.29, 1.82) is 0 Å². The fourth-order valence-corrected chi connectivity index (χ4v) is 8.95. The molecule has 7 atom stereocenters. The van der Waals surface area contributed by atoms with Gasteiger partial charge in [0, 0.05) is 22.6 Å². The summed E-state index contributed by atoms with van der Waals surface area (Å²) in [6.45, 7) is 0. The summed E-state index contributed by atoms with van der Waals surface area (Å²) in [5.41, 5.74) is -1.97. The van der Waals surface area contributed by atoms with Crippen LogP contribution in [0.3, 0.4) is 0 Å². The van der Waals surface area contributed by atoms with Crippen LogP contribution >= 0.6 is 104 Å². The number of halogens is 9. The Labute approximate surface area is 157 Å². The van der Waals surface area contributed by atoms with Gasteiger partial charge < -0.3 is 0 Å². The first-order valence-corrected chi connectivity index (χ1v) is 9.42. The third-order valence-electron chi connectivity index (χ3n) is 4.53. The molecule has 2 unspecified atom stereocenters. The first-order valence-electron chi connectivity index (χ1n) is 5.39. The standard InChI is InChI=1S/C10H9Cl9/c11-1-9(7(16)17)2-3(12)5(14)10(9,8(18)19)6(15)4(2)13/h2-8H,1H2/t2?,3-,4-,5-,6+,9-,10?/m0/s1. The van der Waals surface area contributed by atoms with Crippen molar-refractivity contribution in [2.24, 2.45) is 16.7 Å². The number of fused-ring (bicyclic) bond motifs is 2. The SMILES string of the molecule is ClC[C@@]1(C(Cl)Cl)C2[C@H](Cl)[C@@H](Cl)C1(C(Cl)Cl)[C@@H](Cl)[C@H]2Cl. The third-order valence-corrected chi connectivity index (χ3v) is 9.04. The van der Waals surface area contributed by atoms with Gasteiger partial charge in [0.05, 0.1) is 21.5 Å². The van der Waals surface area contributed by atoms with Crippen molar-refractivity contribution in [1.82, 2.24) is 0 Å². The van der Waals surface area contributed by atoms with Gasteiger partial charge in [-0.2, -0.15) is 0 Å². The minimum absolute atomic E-state index is 0.0736. The smallest absolute Gasteiger partial charge is 0.117 e. The number of hydrogen-bond donors (Lipinski definition) is 0. The Kier molecular flexibility index (Phi) is 5.59. The van der Waals surface area contributed by atoms with Crippen molar-refractivity contribution < 1.29 is 0 Å². The summed E-state index contributed by atoms with van der Waals surface area (Å²) < 4.78 is 0. The van der Waals surface area contributed by atoms with Gasteiger partial charge in [0.25, 0.3) is 0 Å². The summed E-state index contributed by atoms with van der Waals surface area (Å²) >= 11 is 56.7. The van der Waals surface area contributed by atoms with E-state index >= 15 is 0 Å². The molecule has 2 aliphatic carbocycles. The normalized spacial score (nSPS) is 53.5. The van der Waals surface area contributed by atoms with Crippen LogP contribution in [0.25, 0.3) is 0 Å². The van der Waals surface area contributed by atoms with Crippen molar-refractivity contribution in [2.75, 3.05) is 5.88 Å². The van der Waals surface area contributed by atoms with Crippen LogP contribution in [-0.2, 0) is 0 Å². The van der Waals surface area contributed by atoms with E-state index in [0.29, 0.717) is 0 Å². The van der Waals surface area contributed by atoms with Gasteiger partial charge >= 0.3 is 0 Å². The van der Waals surface area contributed by atoms with Crippen LogP contribution in [0.5, 0.6) is 0 Å². The Morgan fingerprint density at radius 3 is 1.42 bits per heavy atom. The molecule has 112 valence electrons. The van der Waals surface area contributed by atoms with Gasteiger partial charge in [-0.15, -0.1) is 104 Å². The van der Waals surface area contributed by atoms with E-state index in [1.807, 2.05) is 0 Å². The van der Waals surface area contributed by atoms with Crippen molar-refractivity contribution in [3.8, 4) is 0 Å². The minimum Gasteiger partial charge on any atom is -0.126 e. The molecule has 0 aromatic rings. The zero-order chi connectivity index (χ0) is 14.7. The quantitative estimate of drug-likeness (QED) is 0.474. The molecule has 9 heteroatoms. The molecular weight excluding hydrogens is 439 g/mol. The highest BCUT2D eigenvalue weighted by Crippen LogP contribution is 2.76. The second-order valence-corrected chi connectivity index (χ2v) is 9.33. The van der Waals surface area contributed by atoms with Crippen LogP contribution < -0.4 is 0 Å². The number of rotatable bonds is 3. The van der Waals surface area contributed by atoms with E-state index < -0.39 is 42.0 Å². The molecule has 0 saturated heterocycles. The molecule has 0 spiro atoms. The maximum Gasteiger partial charge on any atom is 0.117 e. The second-order valence-electron chi connectivity index (χ2n) is 4.93. The van der Waals surface area contributed by atoms with E-state index in [4.69, 9.17) is 104 Å². The lowest BCUT2D eigenvalue weighted by molar-refractivity contribution is 0.147. The maximum absolute atomic E-state index is 6.46. The van der Waals surface area contributed by atoms with Crippen LogP contribution in [-0.4, -0.2) is 37.1 Å². The topological polar surface area (TPSA) is 0 Å². The average Bonchev–Trinajstić information content (AvgIpc) is 2.66. The van der Waals surface area contributed by atoms with E-state index in [9.17, 15) is 0 Å². The van der Waals surface area contributed by atoms with Gasteiger partial charge in [0.1, 0.15) is 9.67 Å². The van der Waals surface area contributed by atoms with Gasteiger partial charge in [-0.3, -0.25) is 0 Å². The number of hydrogen-bond acceptors (Lipinski definition) is 0. The molecule has 19 heavy (non-hydrogen) atoms. The largest absolute Gasteiger partial charge is 0.126 e. The zero-order valence-electron chi connectivity index (χ0n) is 9.15. The lowest BCUT2D eigenvalue weighted by atomic mass is 9.69. The van der Waals surface area contributed by atoms with E-state index in [2.05, 4.69) is 0 Å². The van der Waals surface area contributed by atoms with Gasteiger partial charge in [-0.05, 0) is 0 Å². The summed E-state index contributed by atoms with van der Waals surface area (Å²) in [6, 6.07) is 0. The Hall–Kier alpha value is 2.61. The second kappa shape index (κ2) is 5.91. The molecule has 2 saturated carbocycles. The highest BCUT2D eigenvalue weighted by Gasteiger charge is 2.82. The molecule has 0 aliphatic heterocycles. The lowest BCUT2D eigenvalue weighted by Crippen LogP contribution is -2.55. The molecule has 0 radical (unpaired) electrons. The van der Waals surface area contributed by atoms with Crippen LogP contribution in [0, 0.1) is 16.7 Å². The van der Waals surface area contributed by atoms with Gasteiger partial charge in [0.2, 0.25) is 0 Å². The summed E-state index contributed by atoms with van der Waals surface area (Å²) in [4.78, 5) is -1.82. The molecule has 0 nitrogen and oxygen atoms in total. The molecular formula is C10H9Cl9. The molecule has 0 N–H and O–H groups in total. The Morgan fingerprint density at radius 2 is 1.21 bits per heavy atom. The van der Waals surface area contributed by atoms with Crippen LogP contribution in [0.4, 0.5) is 0 Å². The van der Waals surface area contributed by atoms with Crippen LogP contribution in [0.15, 0.2) is 0 Å². The summed E-state index contributed by atoms with van der Waals surface area (Å²) in [5, 5.41) is -2.23. The van der Waals surface area contributed by atoms with E-state index in [1.54, 1.807) is 0 Å². The Morgan fingerprint density at radius 1 is 0.789 bits per heavy atom. The highest BCUT2D eigenvalue weighted by molar-refractivity contribution is 6.49. The van der Waals surface area contributed by atoms with Crippen LogP contribution in [0.1, 0.15) is 0 Å². The molecule has 0 heterocycles. The molecule has 0 amide bonds. The molecule has 0 aromatic carbocycles. The zero-order valence-corrected chi connectivity index (χ0v) is 16.0. The van der Waals surface area contributed by atoms with Gasteiger partial charge in [-0.1, -0.05) is 0 Å². The molecule has 2 aliphatic rings. The Balaban J connectivity index is 2.72. The van der Waals surface area contributed by atoms with Crippen LogP contribution in [0.2, 0.25) is 0 Å². The van der Waals surface area contributed by atoms with E-state index in [0.717, 1.165) is 0 Å². The van der Waals surface area contributed by atoms with E-state index in [-0.39, 0.29) is 11.8 Å².